The van der Waals surface area contributed by atoms with Crippen molar-refractivity contribution in [3.63, 3.8) is 0 Å². The Bertz CT molecular complexity index is 879. The molecule has 9 heteroatoms. The second kappa shape index (κ2) is 7.25. The van der Waals surface area contributed by atoms with Gasteiger partial charge in [-0.1, -0.05) is 17.7 Å². The molecule has 0 radical (unpaired) electrons. The molecule has 0 saturated carbocycles. The number of aryl methyl sites for hydroxylation is 1. The van der Waals surface area contributed by atoms with E-state index in [0.717, 1.165) is 5.56 Å². The molecule has 2 rings (SSSR count). The molecule has 2 aromatic rings. The quantitative estimate of drug-likeness (QED) is 0.726. The first kappa shape index (κ1) is 17.7. The molecule has 0 amide bonds. The standard InChI is InChI=1S/C15H15N3O5S/c1-10-4-6-11(7-5-10)14-18-12(9-16)15(23-14)24(21,22)17-8-2-3-13(19)20/h4-7,17H,2-3,8H2,1H3,(H,19,20). The Morgan fingerprint density at radius 2 is 2.04 bits per heavy atom. The zero-order valence-corrected chi connectivity index (χ0v) is 13.6. The highest BCUT2D eigenvalue weighted by atomic mass is 32.2. The van der Waals surface area contributed by atoms with Gasteiger partial charge in [-0.3, -0.25) is 4.79 Å². The molecule has 0 unspecified atom stereocenters. The van der Waals surface area contributed by atoms with Crippen LogP contribution in [0.3, 0.4) is 0 Å². The summed E-state index contributed by atoms with van der Waals surface area (Å²) >= 11 is 0. The maximum atomic E-state index is 12.2. The van der Waals surface area contributed by atoms with Gasteiger partial charge in [-0.2, -0.15) is 10.2 Å². The van der Waals surface area contributed by atoms with Gasteiger partial charge in [-0.05, 0) is 25.5 Å². The molecule has 1 heterocycles. The van der Waals surface area contributed by atoms with Crippen LogP contribution < -0.4 is 4.72 Å². The normalized spacial score (nSPS) is 11.2. The molecule has 0 aliphatic rings. The van der Waals surface area contributed by atoms with Crippen LogP contribution in [0.5, 0.6) is 0 Å². The number of carboxylic acid groups (broad SMARTS) is 1. The molecule has 0 aliphatic heterocycles. The summed E-state index contributed by atoms with van der Waals surface area (Å²) in [6.07, 6.45) is -0.0476. The molecule has 126 valence electrons. The topological polar surface area (TPSA) is 133 Å². The number of oxazole rings is 1. The molecule has 2 N–H and O–H groups in total. The van der Waals surface area contributed by atoms with Crippen LogP contribution in [0.1, 0.15) is 24.1 Å². The Balaban J connectivity index is 2.24. The van der Waals surface area contributed by atoms with Gasteiger partial charge in [-0.15, -0.1) is 0 Å². The fraction of sp³-hybridized carbons (Fsp3) is 0.267. The zero-order valence-electron chi connectivity index (χ0n) is 12.8. The summed E-state index contributed by atoms with van der Waals surface area (Å²) in [6.45, 7) is 1.82. The molecule has 0 atom stereocenters. The average molecular weight is 349 g/mol. The first-order valence-corrected chi connectivity index (χ1v) is 8.51. The van der Waals surface area contributed by atoms with Gasteiger partial charge in [-0.25, -0.2) is 13.1 Å². The molecule has 0 saturated heterocycles. The van der Waals surface area contributed by atoms with Crippen molar-refractivity contribution in [2.75, 3.05) is 6.54 Å². The monoisotopic (exact) mass is 349 g/mol. The van der Waals surface area contributed by atoms with E-state index < -0.39 is 21.1 Å². The highest BCUT2D eigenvalue weighted by Gasteiger charge is 2.26. The molecule has 1 aromatic heterocycles. The number of carboxylic acids is 1. The van der Waals surface area contributed by atoms with Crippen LogP contribution >= 0.6 is 0 Å². The predicted molar refractivity (Wildman–Crippen MR) is 83.4 cm³/mol. The fourth-order valence-corrected chi connectivity index (χ4v) is 2.97. The molecule has 0 fully saturated rings. The summed E-state index contributed by atoms with van der Waals surface area (Å²) in [7, 11) is -4.09. The summed E-state index contributed by atoms with van der Waals surface area (Å²) in [5, 5.41) is 17.1. The number of aliphatic carboxylic acids is 1. The molecule has 24 heavy (non-hydrogen) atoms. The van der Waals surface area contributed by atoms with E-state index in [9.17, 15) is 13.2 Å². The lowest BCUT2D eigenvalue weighted by Gasteiger charge is -2.02. The maximum Gasteiger partial charge on any atom is 0.303 e. The number of nitrogens with zero attached hydrogens (tertiary/aromatic N) is 2. The van der Waals surface area contributed by atoms with E-state index in [2.05, 4.69) is 9.71 Å². The van der Waals surface area contributed by atoms with Crippen LogP contribution in [-0.4, -0.2) is 31.0 Å². The van der Waals surface area contributed by atoms with Crippen molar-refractivity contribution in [3.8, 4) is 17.5 Å². The Labute approximate surface area is 138 Å². The Morgan fingerprint density at radius 3 is 2.62 bits per heavy atom. The van der Waals surface area contributed by atoms with Crippen LogP contribution in [0.25, 0.3) is 11.5 Å². The van der Waals surface area contributed by atoms with Crippen molar-refractivity contribution in [3.05, 3.63) is 35.5 Å². The smallest absolute Gasteiger partial charge is 0.303 e. The molecule has 0 bridgehead atoms. The van der Waals surface area contributed by atoms with Gasteiger partial charge in [0.1, 0.15) is 6.07 Å². The van der Waals surface area contributed by atoms with Gasteiger partial charge < -0.3 is 9.52 Å². The lowest BCUT2D eigenvalue weighted by atomic mass is 10.1. The molecular weight excluding hydrogens is 334 g/mol. The van der Waals surface area contributed by atoms with Crippen LogP contribution in [-0.2, 0) is 14.8 Å². The van der Waals surface area contributed by atoms with Gasteiger partial charge >= 0.3 is 5.97 Å². The second-order valence-corrected chi connectivity index (χ2v) is 6.69. The van der Waals surface area contributed by atoms with Crippen molar-refractivity contribution < 1.29 is 22.7 Å². The van der Waals surface area contributed by atoms with E-state index in [-0.39, 0.29) is 31.0 Å². The Morgan fingerprint density at radius 1 is 1.38 bits per heavy atom. The number of sulfonamides is 1. The predicted octanol–water partition coefficient (Wildman–Crippen LogP) is 1.66. The van der Waals surface area contributed by atoms with Gasteiger partial charge in [0.2, 0.25) is 5.89 Å². The SMILES string of the molecule is Cc1ccc(-c2nc(C#N)c(S(=O)(=O)NCCCC(=O)O)o2)cc1. The number of benzene rings is 1. The molecule has 8 nitrogen and oxygen atoms in total. The molecule has 1 aromatic carbocycles. The summed E-state index contributed by atoms with van der Waals surface area (Å²) in [6, 6.07) is 8.73. The summed E-state index contributed by atoms with van der Waals surface area (Å²) in [4.78, 5) is 14.3. The van der Waals surface area contributed by atoms with Crippen molar-refractivity contribution in [2.45, 2.75) is 24.9 Å². The summed E-state index contributed by atoms with van der Waals surface area (Å²) < 4.78 is 31.9. The lowest BCUT2D eigenvalue weighted by molar-refractivity contribution is -0.137. The van der Waals surface area contributed by atoms with Gasteiger partial charge in [0.05, 0.1) is 0 Å². The Kier molecular flexibility index (Phi) is 5.33. The van der Waals surface area contributed by atoms with Crippen LogP contribution in [0, 0.1) is 18.3 Å². The number of aromatic nitrogens is 1. The summed E-state index contributed by atoms with van der Waals surface area (Å²) in [5.74, 6) is -0.995. The number of hydrogen-bond acceptors (Lipinski definition) is 6. The zero-order chi connectivity index (χ0) is 17.7. The Hall–Kier alpha value is -2.70. The number of hydrogen-bond donors (Lipinski definition) is 2. The second-order valence-electron chi connectivity index (χ2n) is 5.03. The summed E-state index contributed by atoms with van der Waals surface area (Å²) in [5.41, 5.74) is 1.21. The third kappa shape index (κ3) is 4.18. The highest BCUT2D eigenvalue weighted by molar-refractivity contribution is 7.89. The molecule has 0 spiro atoms. The number of carbonyl (C=O) groups is 1. The van der Waals surface area contributed by atoms with Crippen molar-refractivity contribution >= 4 is 16.0 Å². The van der Waals surface area contributed by atoms with Crippen LogP contribution in [0.15, 0.2) is 33.8 Å². The van der Waals surface area contributed by atoms with Crippen molar-refractivity contribution in [2.24, 2.45) is 0 Å². The highest BCUT2D eigenvalue weighted by Crippen LogP contribution is 2.25. The minimum atomic E-state index is -4.09. The van der Waals surface area contributed by atoms with E-state index in [1.165, 1.54) is 0 Å². The van der Waals surface area contributed by atoms with E-state index >= 15 is 0 Å². The third-order valence-corrected chi connectivity index (χ3v) is 4.45. The molecular formula is C15H15N3O5S. The van der Waals surface area contributed by atoms with Gasteiger partial charge in [0.25, 0.3) is 15.1 Å². The van der Waals surface area contributed by atoms with Gasteiger partial charge in [0.15, 0.2) is 5.69 Å². The fourth-order valence-electron chi connectivity index (χ4n) is 1.89. The van der Waals surface area contributed by atoms with E-state index in [4.69, 9.17) is 14.8 Å². The van der Waals surface area contributed by atoms with E-state index in [1.807, 2.05) is 19.1 Å². The first-order valence-electron chi connectivity index (χ1n) is 7.03. The average Bonchev–Trinajstić information content (AvgIpc) is 2.97. The first-order chi connectivity index (χ1) is 11.3. The largest absolute Gasteiger partial charge is 0.481 e. The number of nitrogens with one attached hydrogen (secondary N) is 1. The van der Waals surface area contributed by atoms with Crippen molar-refractivity contribution in [1.29, 1.82) is 5.26 Å². The number of rotatable bonds is 7. The molecule has 0 aliphatic carbocycles. The van der Waals surface area contributed by atoms with Crippen LogP contribution in [0.2, 0.25) is 0 Å². The minimum absolute atomic E-state index is 0.0254. The van der Waals surface area contributed by atoms with Crippen LogP contribution in [0.4, 0.5) is 0 Å². The third-order valence-electron chi connectivity index (χ3n) is 3.10. The van der Waals surface area contributed by atoms with E-state index in [0.29, 0.717) is 5.56 Å². The van der Waals surface area contributed by atoms with Crippen molar-refractivity contribution in [1.82, 2.24) is 9.71 Å². The maximum absolute atomic E-state index is 12.2. The lowest BCUT2D eigenvalue weighted by Crippen LogP contribution is -2.25. The van der Waals surface area contributed by atoms with E-state index in [1.54, 1.807) is 18.2 Å². The number of nitriles is 1. The van der Waals surface area contributed by atoms with Gasteiger partial charge in [0, 0.05) is 18.5 Å². The minimum Gasteiger partial charge on any atom is -0.481 e.